The van der Waals surface area contributed by atoms with Crippen LogP contribution in [0, 0.1) is 11.7 Å². The topological polar surface area (TPSA) is 90.7 Å². The third-order valence-electron chi connectivity index (χ3n) is 6.01. The quantitative estimate of drug-likeness (QED) is 0.769. The third-order valence-corrected chi connectivity index (χ3v) is 6.01. The van der Waals surface area contributed by atoms with Crippen LogP contribution in [0.3, 0.4) is 0 Å². The standard InChI is InChI=1S/C20H23FN8O/c1-22-18-9-19(24-12-23-18)28-10-13-4-7-27(11-17(13)28)20(30)15-8-14(21)2-3-16(15)29-25-5-6-26-29/h2-3,5-6,8-9,13,17,24H,4,7,10-12H2,1H3,(H,22,23)/t13-,17-/m0/s1. The normalized spacial score (nSPS) is 23.0. The Hall–Kier alpha value is -3.43. The number of carbonyl (C=O) groups is 1. The zero-order valence-corrected chi connectivity index (χ0v) is 16.6. The van der Waals surface area contributed by atoms with Crippen LogP contribution in [0.2, 0.25) is 0 Å². The maximum absolute atomic E-state index is 14.0. The number of nitrogens with zero attached hydrogens (tertiary/aromatic N) is 6. The number of hydrogen-bond acceptors (Lipinski definition) is 7. The average Bonchev–Trinajstić information content (AvgIpc) is 3.29. The van der Waals surface area contributed by atoms with Gasteiger partial charge in [0.2, 0.25) is 0 Å². The number of nitrogens with one attached hydrogen (secondary N) is 2. The fourth-order valence-corrected chi connectivity index (χ4v) is 4.39. The van der Waals surface area contributed by atoms with E-state index in [9.17, 15) is 9.18 Å². The lowest BCUT2D eigenvalue weighted by Crippen LogP contribution is -2.65. The molecule has 1 aromatic heterocycles. The highest BCUT2D eigenvalue weighted by Gasteiger charge is 2.45. The Morgan fingerprint density at radius 2 is 2.10 bits per heavy atom. The lowest BCUT2D eigenvalue weighted by molar-refractivity contribution is -0.0191. The number of fused-ring (bicyclic) bond motifs is 1. The van der Waals surface area contributed by atoms with Crippen LogP contribution in [0.15, 0.2) is 47.5 Å². The number of likely N-dealkylation sites (N-methyl/N-ethyl adjacent to an activating group) is 1. The zero-order chi connectivity index (χ0) is 20.7. The number of benzene rings is 1. The summed E-state index contributed by atoms with van der Waals surface area (Å²) in [4.78, 5) is 23.1. The van der Waals surface area contributed by atoms with Crippen molar-refractivity contribution in [1.29, 1.82) is 0 Å². The molecule has 2 atom stereocenters. The Morgan fingerprint density at radius 3 is 2.90 bits per heavy atom. The Balaban J connectivity index is 1.37. The average molecular weight is 410 g/mol. The molecule has 9 nitrogen and oxygen atoms in total. The van der Waals surface area contributed by atoms with Crippen molar-refractivity contribution in [2.24, 2.45) is 10.9 Å². The molecule has 156 valence electrons. The minimum absolute atomic E-state index is 0.199. The minimum atomic E-state index is -0.454. The molecule has 10 heteroatoms. The third kappa shape index (κ3) is 3.17. The number of amidine groups is 1. The summed E-state index contributed by atoms with van der Waals surface area (Å²) in [6.07, 6.45) is 5.98. The van der Waals surface area contributed by atoms with E-state index in [1.165, 1.54) is 29.3 Å². The van der Waals surface area contributed by atoms with Crippen LogP contribution >= 0.6 is 0 Å². The molecule has 3 aliphatic rings. The molecule has 4 heterocycles. The summed E-state index contributed by atoms with van der Waals surface area (Å²) < 4.78 is 14.0. The molecule has 0 unspecified atom stereocenters. The molecule has 1 aromatic carbocycles. The van der Waals surface area contributed by atoms with Gasteiger partial charge in [0.05, 0.1) is 29.7 Å². The maximum Gasteiger partial charge on any atom is 0.256 e. The first-order valence-electron chi connectivity index (χ1n) is 10.0. The number of halogens is 1. The summed E-state index contributed by atoms with van der Waals surface area (Å²) in [5.74, 6) is 1.76. The molecule has 1 amide bonds. The van der Waals surface area contributed by atoms with Gasteiger partial charge in [-0.15, -0.1) is 0 Å². The minimum Gasteiger partial charge on any atom is -0.373 e. The van der Waals surface area contributed by atoms with E-state index in [4.69, 9.17) is 0 Å². The number of aliphatic imine (C=N–C) groups is 1. The van der Waals surface area contributed by atoms with Gasteiger partial charge in [0, 0.05) is 38.7 Å². The zero-order valence-electron chi connectivity index (χ0n) is 16.6. The predicted molar refractivity (Wildman–Crippen MR) is 108 cm³/mol. The predicted octanol–water partition coefficient (Wildman–Crippen LogP) is 0.573. The summed E-state index contributed by atoms with van der Waals surface area (Å²) in [5.41, 5.74) is 0.751. The van der Waals surface area contributed by atoms with Crippen molar-refractivity contribution >= 4 is 11.7 Å². The number of hydrogen-bond donors (Lipinski definition) is 2. The summed E-state index contributed by atoms with van der Waals surface area (Å²) in [5, 5.41) is 14.6. The van der Waals surface area contributed by atoms with Crippen molar-refractivity contribution in [3.8, 4) is 5.69 Å². The van der Waals surface area contributed by atoms with Gasteiger partial charge in [0.25, 0.3) is 5.91 Å². The fraction of sp³-hybridized carbons (Fsp3) is 0.400. The molecule has 0 saturated carbocycles. The summed E-state index contributed by atoms with van der Waals surface area (Å²) in [6.45, 7) is 2.75. The highest BCUT2D eigenvalue weighted by molar-refractivity contribution is 5.98. The molecule has 2 N–H and O–H groups in total. The molecule has 2 aromatic rings. The van der Waals surface area contributed by atoms with E-state index in [2.05, 4.69) is 30.7 Å². The first-order valence-corrected chi connectivity index (χ1v) is 10.0. The lowest BCUT2D eigenvalue weighted by Gasteiger charge is -2.55. The second-order valence-corrected chi connectivity index (χ2v) is 7.66. The van der Waals surface area contributed by atoms with Crippen molar-refractivity contribution in [1.82, 2.24) is 35.4 Å². The first kappa shape index (κ1) is 18.6. The number of amides is 1. The van der Waals surface area contributed by atoms with Gasteiger partial charge in [0.15, 0.2) is 0 Å². The van der Waals surface area contributed by atoms with Crippen LogP contribution in [-0.4, -0.2) is 75.9 Å². The van der Waals surface area contributed by atoms with Gasteiger partial charge in [-0.1, -0.05) is 0 Å². The van der Waals surface area contributed by atoms with E-state index in [0.717, 1.165) is 24.6 Å². The van der Waals surface area contributed by atoms with Gasteiger partial charge in [-0.25, -0.2) is 9.38 Å². The number of rotatable bonds is 3. The van der Waals surface area contributed by atoms with Crippen molar-refractivity contribution in [3.63, 3.8) is 0 Å². The van der Waals surface area contributed by atoms with E-state index in [1.807, 2.05) is 18.0 Å². The Kier molecular flexibility index (Phi) is 4.61. The van der Waals surface area contributed by atoms with E-state index in [0.29, 0.717) is 31.4 Å². The van der Waals surface area contributed by atoms with Crippen LogP contribution in [-0.2, 0) is 0 Å². The van der Waals surface area contributed by atoms with Gasteiger partial charge in [-0.05, 0) is 24.6 Å². The summed E-state index contributed by atoms with van der Waals surface area (Å²) in [6, 6.07) is 4.36. The highest BCUT2D eigenvalue weighted by Crippen LogP contribution is 2.35. The van der Waals surface area contributed by atoms with Crippen molar-refractivity contribution in [3.05, 3.63) is 53.9 Å². The number of carbonyl (C=O) groups excluding carboxylic acids is 1. The molecule has 0 aliphatic carbocycles. The smallest absolute Gasteiger partial charge is 0.256 e. The monoisotopic (exact) mass is 410 g/mol. The van der Waals surface area contributed by atoms with Gasteiger partial charge in [-0.2, -0.15) is 15.0 Å². The molecule has 0 bridgehead atoms. The van der Waals surface area contributed by atoms with Crippen molar-refractivity contribution < 1.29 is 9.18 Å². The van der Waals surface area contributed by atoms with Gasteiger partial charge in [0.1, 0.15) is 24.1 Å². The van der Waals surface area contributed by atoms with Crippen LogP contribution < -0.4 is 10.6 Å². The van der Waals surface area contributed by atoms with Crippen molar-refractivity contribution in [2.45, 2.75) is 12.5 Å². The maximum atomic E-state index is 14.0. The van der Waals surface area contributed by atoms with Gasteiger partial charge >= 0.3 is 0 Å². The second-order valence-electron chi connectivity index (χ2n) is 7.66. The first-order chi connectivity index (χ1) is 14.6. The molecule has 2 fully saturated rings. The highest BCUT2D eigenvalue weighted by atomic mass is 19.1. The molecule has 0 spiro atoms. The Labute approximate surface area is 173 Å². The Bertz CT molecular complexity index is 1020. The molecule has 30 heavy (non-hydrogen) atoms. The van der Waals surface area contributed by atoms with Gasteiger partial charge < -0.3 is 20.4 Å². The summed E-state index contributed by atoms with van der Waals surface area (Å²) >= 11 is 0. The molecular formula is C20H23FN8O. The van der Waals surface area contributed by atoms with E-state index < -0.39 is 5.82 Å². The molecule has 2 saturated heterocycles. The largest absolute Gasteiger partial charge is 0.373 e. The molecule has 0 radical (unpaired) electrons. The number of aromatic nitrogens is 3. The van der Waals surface area contributed by atoms with Crippen LogP contribution in [0.4, 0.5) is 4.39 Å². The van der Waals surface area contributed by atoms with E-state index in [-0.39, 0.29) is 17.5 Å². The van der Waals surface area contributed by atoms with Gasteiger partial charge in [-0.3, -0.25) is 4.79 Å². The number of likely N-dealkylation sites (tertiary alicyclic amines) is 2. The fourth-order valence-electron chi connectivity index (χ4n) is 4.39. The van der Waals surface area contributed by atoms with Crippen LogP contribution in [0.5, 0.6) is 0 Å². The molecule has 5 rings (SSSR count). The Morgan fingerprint density at radius 1 is 1.27 bits per heavy atom. The van der Waals surface area contributed by atoms with E-state index >= 15 is 0 Å². The van der Waals surface area contributed by atoms with Crippen molar-refractivity contribution in [2.75, 3.05) is 33.4 Å². The lowest BCUT2D eigenvalue weighted by atomic mass is 9.82. The molecular weight excluding hydrogens is 387 g/mol. The van der Waals surface area contributed by atoms with Crippen LogP contribution in [0.25, 0.3) is 5.69 Å². The molecule has 3 aliphatic heterocycles. The second kappa shape index (κ2) is 7.43. The summed E-state index contributed by atoms with van der Waals surface area (Å²) in [7, 11) is 1.85. The van der Waals surface area contributed by atoms with E-state index in [1.54, 1.807) is 6.07 Å². The van der Waals surface area contributed by atoms with Crippen LogP contribution in [0.1, 0.15) is 16.8 Å². The SMILES string of the molecule is CNC1=NCNC(N2C[C@@H]3CCN(C(=O)c4cc(F)ccc4-n4nccn4)C[C@@H]32)=C1. The number of piperidine rings is 1.